The zero-order valence-electron chi connectivity index (χ0n) is 10.9. The number of Topliss-reactive ketones (excluding diaryl/α,β-unsaturated/α-hetero) is 1. The number of anilines is 2. The predicted molar refractivity (Wildman–Crippen MR) is 75.1 cm³/mol. The van der Waals surface area contributed by atoms with Gasteiger partial charge in [-0.05, 0) is 14.1 Å². The predicted octanol–water partition coefficient (Wildman–Crippen LogP) is 1.77. The van der Waals surface area contributed by atoms with Crippen molar-refractivity contribution in [2.24, 2.45) is 0 Å². The second-order valence-electron chi connectivity index (χ2n) is 4.17. The molecule has 0 saturated heterocycles. The second kappa shape index (κ2) is 6.38. The van der Waals surface area contributed by atoms with Gasteiger partial charge in [0.1, 0.15) is 16.6 Å². The molecule has 0 aliphatic carbocycles. The highest BCUT2D eigenvalue weighted by Gasteiger charge is 2.19. The molecule has 98 valence electrons. The second-order valence-corrected chi connectivity index (χ2v) is 5.19. The Morgan fingerprint density at radius 2 is 2.22 bits per heavy atom. The molecule has 0 spiro atoms. The molecule has 0 radical (unpaired) electrons. The van der Waals surface area contributed by atoms with Crippen LogP contribution in [0.5, 0.6) is 0 Å². The lowest BCUT2D eigenvalue weighted by Gasteiger charge is -2.10. The minimum atomic E-state index is -0.0188. The molecule has 0 amide bonds. The van der Waals surface area contributed by atoms with E-state index in [1.54, 1.807) is 6.92 Å². The number of nitriles is 1. The molecule has 3 N–H and O–H groups in total. The lowest BCUT2D eigenvalue weighted by atomic mass is 10.2. The van der Waals surface area contributed by atoms with Gasteiger partial charge < -0.3 is 16.0 Å². The Kier molecular flexibility index (Phi) is 5.13. The van der Waals surface area contributed by atoms with Crippen LogP contribution in [0.4, 0.5) is 10.7 Å². The molecule has 0 aliphatic heterocycles. The van der Waals surface area contributed by atoms with Crippen LogP contribution in [-0.4, -0.2) is 37.9 Å². The highest BCUT2D eigenvalue weighted by atomic mass is 32.1. The molecule has 0 bridgehead atoms. The maximum Gasteiger partial charge on any atom is 0.174 e. The third-order valence-corrected chi connectivity index (χ3v) is 3.68. The fraction of sp³-hybridized carbons (Fsp3) is 0.500. The molecular weight excluding hydrogens is 248 g/mol. The van der Waals surface area contributed by atoms with Crippen molar-refractivity contribution in [1.29, 1.82) is 5.26 Å². The maximum absolute atomic E-state index is 11.7. The van der Waals surface area contributed by atoms with Crippen LogP contribution < -0.4 is 11.1 Å². The first-order chi connectivity index (χ1) is 8.51. The van der Waals surface area contributed by atoms with Gasteiger partial charge in [0.15, 0.2) is 5.78 Å². The average Bonchev–Trinajstić information content (AvgIpc) is 2.64. The van der Waals surface area contributed by atoms with Crippen LogP contribution in [0.2, 0.25) is 0 Å². The van der Waals surface area contributed by atoms with E-state index in [1.165, 1.54) is 11.3 Å². The smallest absolute Gasteiger partial charge is 0.174 e. The quantitative estimate of drug-likeness (QED) is 0.767. The minimum Gasteiger partial charge on any atom is -0.396 e. The molecule has 0 saturated carbocycles. The van der Waals surface area contributed by atoms with Gasteiger partial charge in [0.2, 0.25) is 0 Å². The first-order valence-corrected chi connectivity index (χ1v) is 6.57. The van der Waals surface area contributed by atoms with Gasteiger partial charge in [0.05, 0.1) is 10.6 Å². The molecular formula is C12H18N4OS. The number of carbonyl (C=O) groups is 1. The molecule has 0 unspecified atom stereocenters. The number of thiophene rings is 1. The molecule has 1 aromatic heterocycles. The Labute approximate surface area is 111 Å². The Bertz CT molecular complexity index is 473. The van der Waals surface area contributed by atoms with Crippen LogP contribution in [0.1, 0.15) is 28.6 Å². The molecule has 1 aromatic rings. The van der Waals surface area contributed by atoms with Crippen molar-refractivity contribution in [2.45, 2.75) is 13.3 Å². The summed E-state index contributed by atoms with van der Waals surface area (Å²) in [5, 5.41) is 12.9. The average molecular weight is 266 g/mol. The fourth-order valence-corrected chi connectivity index (χ4v) is 2.55. The Morgan fingerprint density at radius 1 is 1.56 bits per heavy atom. The van der Waals surface area contributed by atoms with Crippen LogP contribution in [0.25, 0.3) is 0 Å². The molecule has 1 rings (SSSR count). The highest BCUT2D eigenvalue weighted by molar-refractivity contribution is 7.19. The molecule has 0 aliphatic rings. The SMILES string of the molecule is CCC(=O)c1sc(NCCN(C)C)c(C#N)c1N. The summed E-state index contributed by atoms with van der Waals surface area (Å²) in [6.45, 7) is 3.34. The zero-order chi connectivity index (χ0) is 13.7. The van der Waals surface area contributed by atoms with Crippen molar-refractivity contribution in [3.8, 4) is 6.07 Å². The summed E-state index contributed by atoms with van der Waals surface area (Å²) in [6, 6.07) is 2.06. The first-order valence-electron chi connectivity index (χ1n) is 5.75. The molecule has 5 nitrogen and oxygen atoms in total. The standard InChI is InChI=1S/C12H18N4OS/c1-4-9(17)11-10(14)8(7-13)12(18-11)15-5-6-16(2)3/h15H,4-6,14H2,1-3H3. The van der Waals surface area contributed by atoms with Gasteiger partial charge in [-0.2, -0.15) is 5.26 Å². The van der Waals surface area contributed by atoms with E-state index in [2.05, 4.69) is 11.4 Å². The largest absolute Gasteiger partial charge is 0.396 e. The minimum absolute atomic E-state index is 0.0188. The van der Waals surface area contributed by atoms with E-state index in [4.69, 9.17) is 11.0 Å². The van der Waals surface area contributed by atoms with Crippen LogP contribution in [-0.2, 0) is 0 Å². The van der Waals surface area contributed by atoms with E-state index >= 15 is 0 Å². The van der Waals surface area contributed by atoms with Crippen LogP contribution in [0, 0.1) is 11.3 Å². The molecule has 1 heterocycles. The van der Waals surface area contributed by atoms with Crippen LogP contribution in [0.15, 0.2) is 0 Å². The van der Waals surface area contributed by atoms with E-state index in [0.717, 1.165) is 6.54 Å². The summed E-state index contributed by atoms with van der Waals surface area (Å²) in [6.07, 6.45) is 0.396. The van der Waals surface area contributed by atoms with Crippen LogP contribution >= 0.6 is 11.3 Å². The van der Waals surface area contributed by atoms with Crippen molar-refractivity contribution in [3.05, 3.63) is 10.4 Å². The van der Waals surface area contributed by atoms with E-state index in [0.29, 0.717) is 34.1 Å². The van der Waals surface area contributed by atoms with Gasteiger partial charge in [-0.25, -0.2) is 0 Å². The molecule has 0 aromatic carbocycles. The number of hydrogen-bond donors (Lipinski definition) is 2. The van der Waals surface area contributed by atoms with E-state index in [-0.39, 0.29) is 5.78 Å². The van der Waals surface area contributed by atoms with Gasteiger partial charge in [0.25, 0.3) is 0 Å². The van der Waals surface area contributed by atoms with Gasteiger partial charge in [0, 0.05) is 19.5 Å². The lowest BCUT2D eigenvalue weighted by Crippen LogP contribution is -2.20. The van der Waals surface area contributed by atoms with Gasteiger partial charge in [-0.1, -0.05) is 6.92 Å². The number of carbonyl (C=O) groups excluding carboxylic acids is 1. The first kappa shape index (κ1) is 14.5. The number of ketones is 1. The lowest BCUT2D eigenvalue weighted by molar-refractivity contribution is 0.0993. The van der Waals surface area contributed by atoms with Crippen molar-refractivity contribution in [2.75, 3.05) is 38.2 Å². The third-order valence-electron chi connectivity index (χ3n) is 2.48. The number of hydrogen-bond acceptors (Lipinski definition) is 6. The molecule has 0 fully saturated rings. The van der Waals surface area contributed by atoms with Crippen LogP contribution in [0.3, 0.4) is 0 Å². The summed E-state index contributed by atoms with van der Waals surface area (Å²) in [5.74, 6) is -0.0188. The Hall–Kier alpha value is -1.58. The van der Waals surface area contributed by atoms with Gasteiger partial charge in [-0.15, -0.1) is 11.3 Å². The number of likely N-dealkylation sites (N-methyl/N-ethyl adjacent to an activating group) is 1. The summed E-state index contributed by atoms with van der Waals surface area (Å²) in [5.41, 5.74) is 6.53. The number of rotatable bonds is 6. The Balaban J connectivity index is 2.91. The molecule has 6 heteroatoms. The normalized spacial score (nSPS) is 10.4. The number of nitrogens with zero attached hydrogens (tertiary/aromatic N) is 2. The van der Waals surface area contributed by atoms with E-state index in [9.17, 15) is 4.79 Å². The third kappa shape index (κ3) is 3.22. The summed E-state index contributed by atoms with van der Waals surface area (Å²) < 4.78 is 0. The Morgan fingerprint density at radius 3 is 2.72 bits per heavy atom. The number of nitrogen functional groups attached to an aromatic ring is 1. The fourth-order valence-electron chi connectivity index (χ4n) is 1.44. The summed E-state index contributed by atoms with van der Waals surface area (Å²) in [4.78, 5) is 14.2. The molecule has 18 heavy (non-hydrogen) atoms. The van der Waals surface area contributed by atoms with Gasteiger partial charge >= 0.3 is 0 Å². The zero-order valence-corrected chi connectivity index (χ0v) is 11.7. The van der Waals surface area contributed by atoms with E-state index < -0.39 is 0 Å². The summed E-state index contributed by atoms with van der Waals surface area (Å²) >= 11 is 1.27. The number of nitrogens with one attached hydrogen (secondary N) is 1. The maximum atomic E-state index is 11.7. The van der Waals surface area contributed by atoms with Crippen molar-refractivity contribution < 1.29 is 4.79 Å². The van der Waals surface area contributed by atoms with E-state index in [1.807, 2.05) is 19.0 Å². The van der Waals surface area contributed by atoms with Crippen molar-refractivity contribution >= 4 is 27.8 Å². The number of nitrogens with two attached hydrogens (primary N) is 1. The van der Waals surface area contributed by atoms with Gasteiger partial charge in [-0.3, -0.25) is 4.79 Å². The molecule has 0 atom stereocenters. The monoisotopic (exact) mass is 266 g/mol. The van der Waals surface area contributed by atoms with Crippen molar-refractivity contribution in [1.82, 2.24) is 4.90 Å². The topological polar surface area (TPSA) is 82.2 Å². The highest BCUT2D eigenvalue weighted by Crippen LogP contribution is 2.35. The summed E-state index contributed by atoms with van der Waals surface area (Å²) in [7, 11) is 3.95. The van der Waals surface area contributed by atoms with Crippen molar-refractivity contribution in [3.63, 3.8) is 0 Å².